The topological polar surface area (TPSA) is 45.7 Å². The van der Waals surface area contributed by atoms with Gasteiger partial charge >= 0.3 is 0 Å². The Labute approximate surface area is 68.0 Å². The summed E-state index contributed by atoms with van der Waals surface area (Å²) in [5, 5.41) is 6.06. The van der Waals surface area contributed by atoms with Gasteiger partial charge in [-0.05, 0) is 6.92 Å². The van der Waals surface area contributed by atoms with Crippen LogP contribution in [0.5, 0.6) is 0 Å². The Morgan fingerprint density at radius 3 is 2.64 bits per heavy atom. The molecule has 11 heavy (non-hydrogen) atoms. The fourth-order valence-electron chi connectivity index (χ4n) is 0.774. The van der Waals surface area contributed by atoms with Gasteiger partial charge in [-0.1, -0.05) is 0 Å². The Kier molecular flexibility index (Phi) is 5.56. The Morgan fingerprint density at radius 2 is 2.27 bits per heavy atom. The van der Waals surface area contributed by atoms with Crippen LogP contribution in [0.4, 0.5) is 0 Å². The van der Waals surface area contributed by atoms with E-state index in [1.54, 1.807) is 14.2 Å². The van der Waals surface area contributed by atoms with Crippen LogP contribution in [0.25, 0.3) is 0 Å². The van der Waals surface area contributed by atoms with E-state index in [0.717, 1.165) is 5.96 Å². The molecule has 0 rings (SSSR count). The maximum absolute atomic E-state index is 4.95. The molecule has 4 nitrogen and oxygen atoms in total. The minimum absolute atomic E-state index is 0.283. The van der Waals surface area contributed by atoms with Crippen LogP contribution >= 0.6 is 0 Å². The van der Waals surface area contributed by atoms with E-state index in [1.807, 2.05) is 14.0 Å². The van der Waals surface area contributed by atoms with E-state index in [9.17, 15) is 0 Å². The molecule has 4 heteroatoms. The van der Waals surface area contributed by atoms with Crippen molar-refractivity contribution >= 4 is 5.96 Å². The molecule has 0 aromatic rings. The molecule has 0 aromatic heterocycles. The highest BCUT2D eigenvalue weighted by atomic mass is 16.5. The summed E-state index contributed by atoms with van der Waals surface area (Å²) in [6.07, 6.45) is 0. The maximum Gasteiger partial charge on any atom is 0.191 e. The third-order valence-electron chi connectivity index (χ3n) is 1.26. The summed E-state index contributed by atoms with van der Waals surface area (Å²) in [6.45, 7) is 2.72. The van der Waals surface area contributed by atoms with Gasteiger partial charge in [0.2, 0.25) is 0 Å². The molecule has 0 saturated heterocycles. The number of nitrogens with one attached hydrogen (secondary N) is 2. The average molecular weight is 159 g/mol. The zero-order chi connectivity index (χ0) is 8.69. The molecule has 0 aromatic carbocycles. The van der Waals surface area contributed by atoms with Crippen LogP contribution in [0.1, 0.15) is 6.92 Å². The number of aliphatic imine (C=N–C) groups is 1. The summed E-state index contributed by atoms with van der Waals surface area (Å²) in [5.41, 5.74) is 0. The molecule has 0 aliphatic rings. The smallest absolute Gasteiger partial charge is 0.191 e. The van der Waals surface area contributed by atoms with Gasteiger partial charge < -0.3 is 15.4 Å². The first-order valence-corrected chi connectivity index (χ1v) is 3.64. The van der Waals surface area contributed by atoms with Gasteiger partial charge in [-0.3, -0.25) is 4.99 Å². The van der Waals surface area contributed by atoms with Gasteiger partial charge in [0.15, 0.2) is 5.96 Å². The lowest BCUT2D eigenvalue weighted by Gasteiger charge is -2.14. The van der Waals surface area contributed by atoms with Crippen molar-refractivity contribution in [1.29, 1.82) is 0 Å². The first-order chi connectivity index (χ1) is 5.24. The minimum atomic E-state index is 0.283. The van der Waals surface area contributed by atoms with Gasteiger partial charge in [0.05, 0.1) is 6.61 Å². The SMILES string of the molecule is CN=C(NC)NC(C)COC. The van der Waals surface area contributed by atoms with E-state index >= 15 is 0 Å². The molecule has 0 saturated carbocycles. The third-order valence-corrected chi connectivity index (χ3v) is 1.26. The Balaban J connectivity index is 3.63. The molecule has 0 aliphatic heterocycles. The molecule has 66 valence electrons. The van der Waals surface area contributed by atoms with Crippen molar-refractivity contribution in [3.05, 3.63) is 0 Å². The fourth-order valence-corrected chi connectivity index (χ4v) is 0.774. The van der Waals surface area contributed by atoms with E-state index in [2.05, 4.69) is 15.6 Å². The molecule has 0 bridgehead atoms. The predicted molar refractivity (Wildman–Crippen MR) is 46.9 cm³/mol. The molecule has 0 amide bonds. The molecule has 0 heterocycles. The highest BCUT2D eigenvalue weighted by Gasteiger charge is 2.01. The summed E-state index contributed by atoms with van der Waals surface area (Å²) < 4.78 is 4.95. The first kappa shape index (κ1) is 10.2. The largest absolute Gasteiger partial charge is 0.383 e. The van der Waals surface area contributed by atoms with Crippen LogP contribution < -0.4 is 10.6 Å². The Hall–Kier alpha value is -0.770. The van der Waals surface area contributed by atoms with Crippen molar-refractivity contribution in [3.63, 3.8) is 0 Å². The number of nitrogens with zero attached hydrogens (tertiary/aromatic N) is 1. The molecule has 1 atom stereocenters. The Bertz CT molecular complexity index is 125. The number of hydrogen-bond donors (Lipinski definition) is 2. The quantitative estimate of drug-likeness (QED) is 0.443. The summed E-state index contributed by atoms with van der Waals surface area (Å²) in [4.78, 5) is 3.97. The van der Waals surface area contributed by atoms with Gasteiger partial charge in [-0.15, -0.1) is 0 Å². The summed E-state index contributed by atoms with van der Waals surface area (Å²) in [5.74, 6) is 0.787. The molecular weight excluding hydrogens is 142 g/mol. The van der Waals surface area contributed by atoms with Crippen molar-refractivity contribution < 1.29 is 4.74 Å². The van der Waals surface area contributed by atoms with Gasteiger partial charge in [0.25, 0.3) is 0 Å². The van der Waals surface area contributed by atoms with Crippen LogP contribution in [0.3, 0.4) is 0 Å². The minimum Gasteiger partial charge on any atom is -0.383 e. The van der Waals surface area contributed by atoms with E-state index in [0.29, 0.717) is 6.61 Å². The number of hydrogen-bond acceptors (Lipinski definition) is 2. The Morgan fingerprint density at radius 1 is 1.64 bits per heavy atom. The van der Waals surface area contributed by atoms with Crippen LogP contribution in [0.2, 0.25) is 0 Å². The van der Waals surface area contributed by atoms with Gasteiger partial charge in [-0.2, -0.15) is 0 Å². The normalized spacial score (nSPS) is 14.4. The van der Waals surface area contributed by atoms with Crippen LogP contribution in [0, 0.1) is 0 Å². The number of ether oxygens (including phenoxy) is 1. The summed E-state index contributed by atoms with van der Waals surface area (Å²) >= 11 is 0. The second kappa shape index (κ2) is 5.97. The van der Waals surface area contributed by atoms with E-state index in [4.69, 9.17) is 4.74 Å². The van der Waals surface area contributed by atoms with Crippen molar-refractivity contribution in [2.75, 3.05) is 27.8 Å². The predicted octanol–water partition coefficient (Wildman–Crippen LogP) is -0.184. The molecule has 0 spiro atoms. The monoisotopic (exact) mass is 159 g/mol. The van der Waals surface area contributed by atoms with Crippen molar-refractivity contribution in [3.8, 4) is 0 Å². The van der Waals surface area contributed by atoms with Crippen molar-refractivity contribution in [2.45, 2.75) is 13.0 Å². The van der Waals surface area contributed by atoms with E-state index < -0.39 is 0 Å². The van der Waals surface area contributed by atoms with Gasteiger partial charge in [-0.25, -0.2) is 0 Å². The number of rotatable bonds is 3. The van der Waals surface area contributed by atoms with E-state index in [-0.39, 0.29) is 6.04 Å². The zero-order valence-electron chi connectivity index (χ0n) is 7.64. The third kappa shape index (κ3) is 4.61. The molecule has 1 unspecified atom stereocenters. The second-order valence-corrected chi connectivity index (χ2v) is 2.32. The first-order valence-electron chi connectivity index (χ1n) is 3.64. The van der Waals surface area contributed by atoms with Gasteiger partial charge in [0, 0.05) is 27.2 Å². The second-order valence-electron chi connectivity index (χ2n) is 2.32. The fraction of sp³-hybridized carbons (Fsp3) is 0.857. The highest BCUT2D eigenvalue weighted by molar-refractivity contribution is 5.79. The molecule has 0 radical (unpaired) electrons. The molecule has 0 fully saturated rings. The van der Waals surface area contributed by atoms with Crippen LogP contribution in [-0.2, 0) is 4.74 Å². The van der Waals surface area contributed by atoms with Crippen molar-refractivity contribution in [1.82, 2.24) is 10.6 Å². The molecule has 0 aliphatic carbocycles. The lowest BCUT2D eigenvalue weighted by molar-refractivity contribution is 0.179. The van der Waals surface area contributed by atoms with Gasteiger partial charge in [0.1, 0.15) is 0 Å². The molecular formula is C7H17N3O. The average Bonchev–Trinajstić information content (AvgIpc) is 2.01. The van der Waals surface area contributed by atoms with Crippen LogP contribution in [0.15, 0.2) is 4.99 Å². The standard InChI is InChI=1S/C7H17N3O/c1-6(5-11-4)10-7(8-2)9-3/h6H,5H2,1-4H3,(H2,8,9,10). The highest BCUT2D eigenvalue weighted by Crippen LogP contribution is 1.81. The zero-order valence-corrected chi connectivity index (χ0v) is 7.64. The number of guanidine groups is 1. The number of methoxy groups -OCH3 is 1. The lowest BCUT2D eigenvalue weighted by Crippen LogP contribution is -2.42. The summed E-state index contributed by atoms with van der Waals surface area (Å²) in [6, 6.07) is 0.283. The van der Waals surface area contributed by atoms with E-state index in [1.165, 1.54) is 0 Å². The lowest BCUT2D eigenvalue weighted by atomic mass is 10.4. The van der Waals surface area contributed by atoms with Crippen LogP contribution in [-0.4, -0.2) is 39.8 Å². The molecule has 2 N–H and O–H groups in total. The maximum atomic E-state index is 4.95. The summed E-state index contributed by atoms with van der Waals surface area (Å²) in [7, 11) is 5.24. The van der Waals surface area contributed by atoms with Crippen molar-refractivity contribution in [2.24, 2.45) is 4.99 Å².